The van der Waals surface area contributed by atoms with Crippen molar-refractivity contribution >= 4 is 32.9 Å². The van der Waals surface area contributed by atoms with Crippen molar-refractivity contribution in [3.05, 3.63) is 34.7 Å². The van der Waals surface area contributed by atoms with Crippen LogP contribution >= 0.6 is 11.3 Å². The van der Waals surface area contributed by atoms with Gasteiger partial charge in [-0.2, -0.15) is 11.3 Å². The standard InChI is InChI=1S/C15H19N3O2S2/c1-12-9-13(17-22(19,20)14-5-8-21-11-14)10-16-15(12)18-6-3-2-4-7-18/h5,8-11,17H,2-4,6-7H2,1H3. The monoisotopic (exact) mass is 337 g/mol. The number of nitrogens with zero attached hydrogens (tertiary/aromatic N) is 2. The van der Waals surface area contributed by atoms with E-state index in [1.807, 2.05) is 13.0 Å². The quantitative estimate of drug-likeness (QED) is 0.930. The zero-order chi connectivity index (χ0) is 15.6. The lowest BCUT2D eigenvalue weighted by Crippen LogP contribution is -2.30. The largest absolute Gasteiger partial charge is 0.356 e. The molecule has 2 aromatic heterocycles. The van der Waals surface area contributed by atoms with Crippen LogP contribution in [0.25, 0.3) is 0 Å². The zero-order valence-corrected chi connectivity index (χ0v) is 14.1. The SMILES string of the molecule is Cc1cc(NS(=O)(=O)c2ccsc2)cnc1N1CCCCC1. The van der Waals surface area contributed by atoms with Crippen molar-refractivity contribution in [2.45, 2.75) is 31.1 Å². The van der Waals surface area contributed by atoms with Crippen LogP contribution in [0.15, 0.2) is 34.0 Å². The third kappa shape index (κ3) is 3.25. The van der Waals surface area contributed by atoms with E-state index in [0.29, 0.717) is 5.69 Å². The van der Waals surface area contributed by atoms with Gasteiger partial charge in [0.1, 0.15) is 5.82 Å². The van der Waals surface area contributed by atoms with Crippen LogP contribution < -0.4 is 9.62 Å². The first kappa shape index (κ1) is 15.3. The lowest BCUT2D eigenvalue weighted by atomic mass is 10.1. The Bertz CT molecular complexity index is 736. The summed E-state index contributed by atoms with van der Waals surface area (Å²) in [5.74, 6) is 0.957. The van der Waals surface area contributed by atoms with E-state index in [4.69, 9.17) is 0 Å². The van der Waals surface area contributed by atoms with Gasteiger partial charge >= 0.3 is 0 Å². The highest BCUT2D eigenvalue weighted by Gasteiger charge is 2.17. The Morgan fingerprint density at radius 1 is 1.27 bits per heavy atom. The summed E-state index contributed by atoms with van der Waals surface area (Å²) >= 11 is 1.36. The summed E-state index contributed by atoms with van der Waals surface area (Å²) in [7, 11) is -3.52. The van der Waals surface area contributed by atoms with E-state index in [1.54, 1.807) is 23.0 Å². The molecule has 0 saturated carbocycles. The predicted molar refractivity (Wildman–Crippen MR) is 90.2 cm³/mol. The molecule has 0 spiro atoms. The fourth-order valence-corrected chi connectivity index (χ4v) is 4.74. The molecule has 1 N–H and O–H groups in total. The molecule has 5 nitrogen and oxygen atoms in total. The Balaban J connectivity index is 1.80. The third-order valence-electron chi connectivity index (χ3n) is 3.76. The van der Waals surface area contributed by atoms with Crippen molar-refractivity contribution in [2.75, 3.05) is 22.7 Å². The van der Waals surface area contributed by atoms with Crippen molar-refractivity contribution in [1.82, 2.24) is 4.98 Å². The van der Waals surface area contributed by atoms with Crippen molar-refractivity contribution in [3.8, 4) is 0 Å². The van der Waals surface area contributed by atoms with Crippen molar-refractivity contribution < 1.29 is 8.42 Å². The molecule has 0 aliphatic carbocycles. The zero-order valence-electron chi connectivity index (χ0n) is 12.4. The van der Waals surface area contributed by atoms with E-state index < -0.39 is 10.0 Å². The molecule has 0 bridgehead atoms. The molecule has 0 aromatic carbocycles. The second kappa shape index (κ2) is 6.26. The minimum Gasteiger partial charge on any atom is -0.356 e. The van der Waals surface area contributed by atoms with E-state index >= 15 is 0 Å². The highest BCUT2D eigenvalue weighted by Crippen LogP contribution is 2.25. The molecule has 0 amide bonds. The van der Waals surface area contributed by atoms with E-state index in [-0.39, 0.29) is 4.90 Å². The van der Waals surface area contributed by atoms with Gasteiger partial charge in [0, 0.05) is 18.5 Å². The molecule has 0 atom stereocenters. The smallest absolute Gasteiger partial charge is 0.262 e. The van der Waals surface area contributed by atoms with E-state index in [2.05, 4.69) is 14.6 Å². The number of sulfonamides is 1. The molecule has 1 fully saturated rings. The molecule has 0 unspecified atom stereocenters. The van der Waals surface area contributed by atoms with Gasteiger partial charge in [-0.15, -0.1) is 0 Å². The first-order chi connectivity index (χ1) is 10.6. The molecule has 3 rings (SSSR count). The van der Waals surface area contributed by atoms with Crippen LogP contribution in [0.1, 0.15) is 24.8 Å². The minimum absolute atomic E-state index is 0.287. The Hall–Kier alpha value is -1.60. The van der Waals surface area contributed by atoms with Crippen LogP contribution in [0.4, 0.5) is 11.5 Å². The lowest BCUT2D eigenvalue weighted by Gasteiger charge is -2.29. The average Bonchev–Trinajstić information content (AvgIpc) is 3.03. The maximum Gasteiger partial charge on any atom is 0.262 e. The number of hydrogen-bond acceptors (Lipinski definition) is 5. The van der Waals surface area contributed by atoms with Crippen molar-refractivity contribution in [3.63, 3.8) is 0 Å². The second-order valence-corrected chi connectivity index (χ2v) is 7.94. The topological polar surface area (TPSA) is 62.3 Å². The van der Waals surface area contributed by atoms with Gasteiger partial charge in [0.2, 0.25) is 0 Å². The van der Waals surface area contributed by atoms with Gasteiger partial charge in [0.15, 0.2) is 0 Å². The number of rotatable bonds is 4. The normalized spacial score (nSPS) is 15.8. The molecular weight excluding hydrogens is 318 g/mol. The number of pyridine rings is 1. The van der Waals surface area contributed by atoms with Gasteiger partial charge in [0.05, 0.1) is 16.8 Å². The first-order valence-electron chi connectivity index (χ1n) is 7.33. The highest BCUT2D eigenvalue weighted by atomic mass is 32.2. The average molecular weight is 337 g/mol. The highest BCUT2D eigenvalue weighted by molar-refractivity contribution is 7.92. The fraction of sp³-hybridized carbons (Fsp3) is 0.400. The van der Waals surface area contributed by atoms with Crippen molar-refractivity contribution in [2.24, 2.45) is 0 Å². The van der Waals surface area contributed by atoms with Crippen molar-refractivity contribution in [1.29, 1.82) is 0 Å². The summed E-state index contributed by atoms with van der Waals surface area (Å²) in [5, 5.41) is 3.36. The van der Waals surface area contributed by atoms with E-state index in [1.165, 1.54) is 30.6 Å². The molecular formula is C15H19N3O2S2. The van der Waals surface area contributed by atoms with Crippen LogP contribution in [0.2, 0.25) is 0 Å². The summed E-state index contributed by atoms with van der Waals surface area (Å²) in [6.45, 7) is 4.01. The number of aryl methyl sites for hydroxylation is 1. The molecule has 0 radical (unpaired) electrons. The minimum atomic E-state index is -3.52. The lowest BCUT2D eigenvalue weighted by molar-refractivity contribution is 0.572. The van der Waals surface area contributed by atoms with Crippen LogP contribution in [-0.2, 0) is 10.0 Å². The number of aromatic nitrogens is 1. The molecule has 118 valence electrons. The van der Waals surface area contributed by atoms with Crippen LogP contribution in [-0.4, -0.2) is 26.5 Å². The maximum absolute atomic E-state index is 12.2. The van der Waals surface area contributed by atoms with E-state index in [9.17, 15) is 8.42 Å². The molecule has 1 aliphatic rings. The predicted octanol–water partition coefficient (Wildman–Crippen LogP) is 3.24. The summed E-state index contributed by atoms with van der Waals surface area (Å²) in [6, 6.07) is 3.44. The Kier molecular flexibility index (Phi) is 4.35. The fourth-order valence-electron chi connectivity index (χ4n) is 2.68. The Labute approximate surface area is 135 Å². The Morgan fingerprint density at radius 2 is 2.05 bits per heavy atom. The molecule has 7 heteroatoms. The summed E-state index contributed by atoms with van der Waals surface area (Å²) in [6.07, 6.45) is 5.25. The van der Waals surface area contributed by atoms with Gasteiger partial charge < -0.3 is 4.90 Å². The number of anilines is 2. The third-order valence-corrected chi connectivity index (χ3v) is 5.98. The summed E-state index contributed by atoms with van der Waals surface area (Å²) in [5.41, 5.74) is 1.50. The second-order valence-electron chi connectivity index (χ2n) is 5.48. The molecule has 22 heavy (non-hydrogen) atoms. The van der Waals surface area contributed by atoms with Crippen LogP contribution in [0.3, 0.4) is 0 Å². The van der Waals surface area contributed by atoms with Gasteiger partial charge in [-0.05, 0) is 49.3 Å². The Morgan fingerprint density at radius 3 is 2.68 bits per heavy atom. The number of hydrogen-bond donors (Lipinski definition) is 1. The number of piperidine rings is 1. The van der Waals surface area contributed by atoms with Gasteiger partial charge in [-0.1, -0.05) is 0 Å². The van der Waals surface area contributed by atoms with Gasteiger partial charge in [0.25, 0.3) is 10.0 Å². The summed E-state index contributed by atoms with van der Waals surface area (Å²) < 4.78 is 27.0. The molecule has 1 saturated heterocycles. The first-order valence-corrected chi connectivity index (χ1v) is 9.75. The summed E-state index contributed by atoms with van der Waals surface area (Å²) in [4.78, 5) is 7.03. The van der Waals surface area contributed by atoms with Gasteiger partial charge in [-0.3, -0.25) is 4.72 Å². The molecule has 1 aliphatic heterocycles. The maximum atomic E-state index is 12.2. The number of thiophene rings is 1. The molecule has 2 aromatic rings. The van der Waals surface area contributed by atoms with E-state index in [0.717, 1.165) is 24.5 Å². The van der Waals surface area contributed by atoms with Crippen LogP contribution in [0, 0.1) is 6.92 Å². The van der Waals surface area contributed by atoms with Gasteiger partial charge in [-0.25, -0.2) is 13.4 Å². The molecule has 3 heterocycles. The van der Waals surface area contributed by atoms with Crippen LogP contribution in [0.5, 0.6) is 0 Å². The number of nitrogens with one attached hydrogen (secondary N) is 1.